The van der Waals surface area contributed by atoms with Gasteiger partial charge in [-0.15, -0.1) is 0 Å². The predicted molar refractivity (Wildman–Crippen MR) is 74.6 cm³/mol. The van der Waals surface area contributed by atoms with Crippen molar-refractivity contribution in [2.75, 3.05) is 6.54 Å². The van der Waals surface area contributed by atoms with Crippen molar-refractivity contribution in [3.8, 4) is 0 Å². The highest BCUT2D eigenvalue weighted by Gasteiger charge is 2.17. The highest BCUT2D eigenvalue weighted by Crippen LogP contribution is 2.24. The Morgan fingerprint density at radius 2 is 2.11 bits per heavy atom. The first-order chi connectivity index (χ1) is 8.65. The van der Waals surface area contributed by atoms with Gasteiger partial charge in [-0.05, 0) is 39.8 Å². The van der Waals surface area contributed by atoms with Crippen LogP contribution < -0.4 is 5.32 Å². The summed E-state index contributed by atoms with van der Waals surface area (Å²) in [5, 5.41) is 3.50. The van der Waals surface area contributed by atoms with E-state index < -0.39 is 0 Å². The Bertz CT molecular complexity index is 515. The van der Waals surface area contributed by atoms with Crippen LogP contribution in [0.15, 0.2) is 18.5 Å². The molecule has 2 aromatic rings. The molecule has 2 aromatic heterocycles. The van der Waals surface area contributed by atoms with Crippen molar-refractivity contribution in [3.05, 3.63) is 24.3 Å². The van der Waals surface area contributed by atoms with Gasteiger partial charge in [0, 0.05) is 12.2 Å². The summed E-state index contributed by atoms with van der Waals surface area (Å²) in [7, 11) is 0. The minimum absolute atomic E-state index is 0.264. The maximum absolute atomic E-state index is 4.72. The summed E-state index contributed by atoms with van der Waals surface area (Å²) in [4.78, 5) is 8.88. The van der Waals surface area contributed by atoms with E-state index in [-0.39, 0.29) is 6.04 Å². The van der Waals surface area contributed by atoms with Crippen molar-refractivity contribution in [2.45, 2.75) is 46.2 Å². The van der Waals surface area contributed by atoms with Crippen LogP contribution in [0.1, 0.15) is 52.0 Å². The van der Waals surface area contributed by atoms with Crippen LogP contribution in [-0.2, 0) is 0 Å². The van der Waals surface area contributed by atoms with E-state index in [9.17, 15) is 0 Å². The molecule has 0 saturated carbocycles. The molecule has 98 valence electrons. The molecule has 4 nitrogen and oxygen atoms in total. The normalized spacial score (nSPS) is 13.4. The summed E-state index contributed by atoms with van der Waals surface area (Å²) in [6.45, 7) is 9.74. The first-order valence-electron chi connectivity index (χ1n) is 6.70. The molecule has 0 aliphatic rings. The number of nitrogens with one attached hydrogen (secondary N) is 1. The van der Waals surface area contributed by atoms with Gasteiger partial charge in [0.15, 0.2) is 0 Å². The van der Waals surface area contributed by atoms with E-state index in [2.05, 4.69) is 42.6 Å². The lowest BCUT2D eigenvalue weighted by molar-refractivity contribution is 0.492. The summed E-state index contributed by atoms with van der Waals surface area (Å²) in [5.41, 5.74) is 2.14. The second-order valence-electron chi connectivity index (χ2n) is 4.97. The van der Waals surface area contributed by atoms with E-state index in [1.165, 1.54) is 5.52 Å². The quantitative estimate of drug-likeness (QED) is 0.881. The van der Waals surface area contributed by atoms with Gasteiger partial charge in [-0.2, -0.15) is 0 Å². The molecule has 18 heavy (non-hydrogen) atoms. The van der Waals surface area contributed by atoms with Crippen LogP contribution in [-0.4, -0.2) is 21.1 Å². The molecule has 0 saturated heterocycles. The molecule has 4 heteroatoms. The molecule has 0 bridgehead atoms. The zero-order chi connectivity index (χ0) is 13.1. The monoisotopic (exact) mass is 246 g/mol. The molecule has 0 aromatic carbocycles. The number of pyridine rings is 1. The fourth-order valence-electron chi connectivity index (χ4n) is 2.27. The van der Waals surface area contributed by atoms with Crippen LogP contribution in [0.4, 0.5) is 0 Å². The van der Waals surface area contributed by atoms with E-state index in [4.69, 9.17) is 4.98 Å². The molecule has 0 aliphatic carbocycles. The average molecular weight is 246 g/mol. The molecule has 1 unspecified atom stereocenters. The Labute approximate surface area is 108 Å². The number of rotatable bonds is 5. The van der Waals surface area contributed by atoms with E-state index >= 15 is 0 Å². The van der Waals surface area contributed by atoms with Crippen LogP contribution in [0.2, 0.25) is 0 Å². The Morgan fingerprint density at radius 1 is 1.33 bits per heavy atom. The van der Waals surface area contributed by atoms with Gasteiger partial charge >= 0.3 is 0 Å². The first kappa shape index (κ1) is 13.0. The third-order valence-electron chi connectivity index (χ3n) is 3.12. The number of hydrogen-bond donors (Lipinski definition) is 1. The van der Waals surface area contributed by atoms with Gasteiger partial charge in [0.25, 0.3) is 0 Å². The maximum atomic E-state index is 4.72. The summed E-state index contributed by atoms with van der Waals surface area (Å²) >= 11 is 0. The van der Waals surface area contributed by atoms with Gasteiger partial charge in [-0.3, -0.25) is 4.98 Å². The number of fused-ring (bicyclic) bond motifs is 1. The smallest absolute Gasteiger partial charge is 0.127 e. The van der Waals surface area contributed by atoms with E-state index in [1.807, 2.05) is 18.5 Å². The molecule has 0 aliphatic heterocycles. The number of nitrogens with zero attached hydrogens (tertiary/aromatic N) is 3. The van der Waals surface area contributed by atoms with Crippen molar-refractivity contribution < 1.29 is 0 Å². The van der Waals surface area contributed by atoms with E-state index in [1.54, 1.807) is 0 Å². The molecule has 1 atom stereocenters. The van der Waals surface area contributed by atoms with Crippen LogP contribution in [0.25, 0.3) is 11.0 Å². The lowest BCUT2D eigenvalue weighted by Gasteiger charge is -2.18. The van der Waals surface area contributed by atoms with Crippen molar-refractivity contribution in [1.29, 1.82) is 0 Å². The lowest BCUT2D eigenvalue weighted by atomic mass is 10.2. The standard InChI is InChI=1S/C14H22N4/c1-5-7-16-11(4)14-17-12-9-15-8-6-13(12)18(14)10(2)3/h6,8-11,16H,5,7H2,1-4H3. The van der Waals surface area contributed by atoms with Gasteiger partial charge < -0.3 is 9.88 Å². The van der Waals surface area contributed by atoms with Crippen molar-refractivity contribution in [2.24, 2.45) is 0 Å². The maximum Gasteiger partial charge on any atom is 0.127 e. The van der Waals surface area contributed by atoms with Crippen LogP contribution >= 0.6 is 0 Å². The zero-order valence-corrected chi connectivity index (χ0v) is 11.6. The zero-order valence-electron chi connectivity index (χ0n) is 11.6. The summed E-state index contributed by atoms with van der Waals surface area (Å²) < 4.78 is 2.30. The lowest BCUT2D eigenvalue weighted by Crippen LogP contribution is -2.23. The summed E-state index contributed by atoms with van der Waals surface area (Å²) in [5.74, 6) is 1.10. The average Bonchev–Trinajstić information content (AvgIpc) is 2.75. The van der Waals surface area contributed by atoms with Gasteiger partial charge in [0.05, 0.1) is 17.8 Å². The van der Waals surface area contributed by atoms with Crippen LogP contribution in [0.5, 0.6) is 0 Å². The predicted octanol–water partition coefficient (Wildman–Crippen LogP) is 3.07. The van der Waals surface area contributed by atoms with E-state index in [0.29, 0.717) is 6.04 Å². The minimum Gasteiger partial charge on any atom is -0.324 e. The Balaban J connectivity index is 2.45. The second kappa shape index (κ2) is 5.48. The second-order valence-corrected chi connectivity index (χ2v) is 4.97. The van der Waals surface area contributed by atoms with Crippen LogP contribution in [0.3, 0.4) is 0 Å². The van der Waals surface area contributed by atoms with E-state index in [0.717, 1.165) is 24.3 Å². The molecule has 0 fully saturated rings. The highest BCUT2D eigenvalue weighted by molar-refractivity contribution is 5.75. The highest BCUT2D eigenvalue weighted by atomic mass is 15.1. The third-order valence-corrected chi connectivity index (χ3v) is 3.12. The summed E-state index contributed by atoms with van der Waals surface area (Å²) in [6.07, 6.45) is 4.80. The fraction of sp³-hybridized carbons (Fsp3) is 0.571. The molecule has 2 rings (SSSR count). The third kappa shape index (κ3) is 2.38. The molecular formula is C14H22N4. The Morgan fingerprint density at radius 3 is 2.78 bits per heavy atom. The Kier molecular flexibility index (Phi) is 3.97. The van der Waals surface area contributed by atoms with Gasteiger partial charge in [-0.1, -0.05) is 6.92 Å². The van der Waals surface area contributed by atoms with Gasteiger partial charge in [0.1, 0.15) is 11.3 Å². The molecule has 1 N–H and O–H groups in total. The number of aromatic nitrogens is 3. The SMILES string of the molecule is CCCNC(C)c1nc2cnccc2n1C(C)C. The fourth-order valence-corrected chi connectivity index (χ4v) is 2.27. The Hall–Kier alpha value is -1.42. The number of hydrogen-bond acceptors (Lipinski definition) is 3. The largest absolute Gasteiger partial charge is 0.324 e. The molecule has 0 amide bonds. The number of imidazole rings is 1. The minimum atomic E-state index is 0.264. The topological polar surface area (TPSA) is 42.7 Å². The van der Waals surface area contributed by atoms with Gasteiger partial charge in [0.2, 0.25) is 0 Å². The van der Waals surface area contributed by atoms with Crippen molar-refractivity contribution in [1.82, 2.24) is 19.9 Å². The van der Waals surface area contributed by atoms with Crippen LogP contribution in [0, 0.1) is 0 Å². The molecule has 0 radical (unpaired) electrons. The van der Waals surface area contributed by atoms with Crippen molar-refractivity contribution >= 4 is 11.0 Å². The van der Waals surface area contributed by atoms with Crippen molar-refractivity contribution in [3.63, 3.8) is 0 Å². The summed E-state index contributed by atoms with van der Waals surface area (Å²) in [6, 6.07) is 2.70. The molecule has 2 heterocycles. The molecular weight excluding hydrogens is 224 g/mol. The van der Waals surface area contributed by atoms with Gasteiger partial charge in [-0.25, -0.2) is 4.98 Å². The first-order valence-corrected chi connectivity index (χ1v) is 6.70. The molecule has 0 spiro atoms.